The molecule has 3 heterocycles. The van der Waals surface area contributed by atoms with Crippen molar-refractivity contribution in [2.45, 2.75) is 26.2 Å². The molecule has 0 aliphatic carbocycles. The fraction of sp³-hybridized carbons (Fsp3) is 0.250. The van der Waals surface area contributed by atoms with Gasteiger partial charge in [0.15, 0.2) is 0 Å². The lowest BCUT2D eigenvalue weighted by Gasteiger charge is -2.15. The van der Waals surface area contributed by atoms with Gasteiger partial charge in [0.05, 0.1) is 18.2 Å². The van der Waals surface area contributed by atoms with Crippen molar-refractivity contribution in [3.05, 3.63) is 70.0 Å². The molecule has 0 spiro atoms. The van der Waals surface area contributed by atoms with Crippen molar-refractivity contribution in [2.75, 3.05) is 13.1 Å². The molecule has 0 saturated carbocycles. The molecule has 152 valence electrons. The first kappa shape index (κ1) is 18.6. The van der Waals surface area contributed by atoms with Gasteiger partial charge in [0.25, 0.3) is 0 Å². The first-order chi connectivity index (χ1) is 14.5. The third-order valence-electron chi connectivity index (χ3n) is 5.92. The SMILES string of the molecule is Cc1c(CC(=O)N2CCCC2)c(=O)oc2cc3occ(-c4ccc(F)cc4)c3cc12. The first-order valence-electron chi connectivity index (χ1n) is 10.0. The van der Waals surface area contributed by atoms with Crippen LogP contribution in [0.5, 0.6) is 0 Å². The van der Waals surface area contributed by atoms with E-state index in [1.165, 1.54) is 12.1 Å². The number of furan rings is 1. The van der Waals surface area contributed by atoms with Crippen molar-refractivity contribution in [3.8, 4) is 11.1 Å². The number of rotatable bonds is 3. The summed E-state index contributed by atoms with van der Waals surface area (Å²) in [4.78, 5) is 27.0. The second kappa shape index (κ2) is 7.13. The minimum Gasteiger partial charge on any atom is -0.464 e. The molecule has 1 aliphatic heterocycles. The van der Waals surface area contributed by atoms with Crippen LogP contribution in [-0.2, 0) is 11.2 Å². The fourth-order valence-corrected chi connectivity index (χ4v) is 4.20. The van der Waals surface area contributed by atoms with Crippen LogP contribution in [0.15, 0.2) is 56.3 Å². The number of carbonyl (C=O) groups excluding carboxylic acids is 1. The van der Waals surface area contributed by atoms with Crippen LogP contribution in [-0.4, -0.2) is 23.9 Å². The Bertz CT molecular complexity index is 1330. The predicted molar refractivity (Wildman–Crippen MR) is 112 cm³/mol. The number of benzene rings is 2. The number of aryl methyl sites for hydroxylation is 1. The monoisotopic (exact) mass is 405 g/mol. The molecule has 0 atom stereocenters. The van der Waals surface area contributed by atoms with E-state index in [1.807, 2.05) is 13.0 Å². The van der Waals surface area contributed by atoms with Crippen molar-refractivity contribution < 1.29 is 18.0 Å². The number of hydrogen-bond acceptors (Lipinski definition) is 4. The minimum absolute atomic E-state index is 0.0400. The normalized spacial score (nSPS) is 14.1. The van der Waals surface area contributed by atoms with Crippen LogP contribution >= 0.6 is 0 Å². The molecule has 2 aromatic heterocycles. The Balaban J connectivity index is 1.62. The molecule has 4 aromatic rings. The second-order valence-electron chi connectivity index (χ2n) is 7.76. The second-order valence-corrected chi connectivity index (χ2v) is 7.76. The first-order valence-corrected chi connectivity index (χ1v) is 10.0. The maximum atomic E-state index is 13.3. The van der Waals surface area contributed by atoms with Gasteiger partial charge in [-0.2, -0.15) is 0 Å². The average Bonchev–Trinajstić information content (AvgIpc) is 3.40. The van der Waals surface area contributed by atoms with Crippen LogP contribution in [0.4, 0.5) is 4.39 Å². The van der Waals surface area contributed by atoms with E-state index in [4.69, 9.17) is 8.83 Å². The zero-order chi connectivity index (χ0) is 20.8. The maximum Gasteiger partial charge on any atom is 0.340 e. The molecule has 1 amide bonds. The van der Waals surface area contributed by atoms with Gasteiger partial charge in [0.2, 0.25) is 5.91 Å². The van der Waals surface area contributed by atoms with Crippen molar-refractivity contribution in [1.29, 1.82) is 0 Å². The zero-order valence-corrected chi connectivity index (χ0v) is 16.5. The molecule has 30 heavy (non-hydrogen) atoms. The Hall–Kier alpha value is -3.41. The third-order valence-corrected chi connectivity index (χ3v) is 5.92. The summed E-state index contributed by atoms with van der Waals surface area (Å²) in [5.74, 6) is -0.347. The molecule has 1 saturated heterocycles. The quantitative estimate of drug-likeness (QED) is 0.459. The van der Waals surface area contributed by atoms with E-state index in [0.29, 0.717) is 16.7 Å². The molecule has 5 rings (SSSR count). The molecule has 1 fully saturated rings. The molecule has 0 unspecified atom stereocenters. The van der Waals surface area contributed by atoms with Gasteiger partial charge in [-0.1, -0.05) is 12.1 Å². The van der Waals surface area contributed by atoms with Crippen LogP contribution in [0.25, 0.3) is 33.1 Å². The standard InChI is InChI=1S/C24H20FNO4/c1-14-17-10-19-20(15-4-6-16(25)7-5-15)13-29-21(19)12-22(17)30-24(28)18(14)11-23(27)26-8-2-3-9-26/h4-7,10,12-13H,2-3,8-9,11H2,1H3. The lowest BCUT2D eigenvalue weighted by Crippen LogP contribution is -2.31. The van der Waals surface area contributed by atoms with Gasteiger partial charge >= 0.3 is 5.63 Å². The number of halogens is 1. The molecular weight excluding hydrogens is 385 g/mol. The highest BCUT2D eigenvalue weighted by atomic mass is 19.1. The van der Waals surface area contributed by atoms with Crippen molar-refractivity contribution in [1.82, 2.24) is 4.90 Å². The number of nitrogens with zero attached hydrogens (tertiary/aromatic N) is 1. The summed E-state index contributed by atoms with van der Waals surface area (Å²) in [6.07, 6.45) is 3.66. The summed E-state index contributed by atoms with van der Waals surface area (Å²) in [6.45, 7) is 3.33. The van der Waals surface area contributed by atoms with Crippen LogP contribution in [0.1, 0.15) is 24.0 Å². The van der Waals surface area contributed by atoms with Crippen molar-refractivity contribution in [3.63, 3.8) is 0 Å². The molecule has 5 nitrogen and oxygen atoms in total. The van der Waals surface area contributed by atoms with Gasteiger partial charge in [-0.15, -0.1) is 0 Å². The molecule has 1 aliphatic rings. The topological polar surface area (TPSA) is 63.7 Å². The summed E-state index contributed by atoms with van der Waals surface area (Å²) in [6, 6.07) is 9.81. The Morgan fingerprint density at radius 3 is 2.53 bits per heavy atom. The number of amides is 1. The van der Waals surface area contributed by atoms with Gasteiger partial charge in [-0.3, -0.25) is 4.79 Å². The lowest BCUT2D eigenvalue weighted by molar-refractivity contribution is -0.129. The highest BCUT2D eigenvalue weighted by Crippen LogP contribution is 2.34. The summed E-state index contributed by atoms with van der Waals surface area (Å²) >= 11 is 0. The Morgan fingerprint density at radius 2 is 1.80 bits per heavy atom. The van der Waals surface area contributed by atoms with Crippen LogP contribution in [0.2, 0.25) is 0 Å². The predicted octanol–water partition coefficient (Wildman–Crippen LogP) is 4.82. The smallest absolute Gasteiger partial charge is 0.340 e. The lowest BCUT2D eigenvalue weighted by atomic mass is 9.99. The van der Waals surface area contributed by atoms with Gasteiger partial charge < -0.3 is 13.7 Å². The molecule has 0 radical (unpaired) electrons. The zero-order valence-electron chi connectivity index (χ0n) is 16.5. The highest BCUT2D eigenvalue weighted by molar-refractivity contribution is 6.02. The van der Waals surface area contributed by atoms with E-state index in [9.17, 15) is 14.0 Å². The van der Waals surface area contributed by atoms with Crippen molar-refractivity contribution >= 4 is 27.8 Å². The summed E-state index contributed by atoms with van der Waals surface area (Å²) in [5.41, 5.74) is 3.29. The van der Waals surface area contributed by atoms with E-state index in [-0.39, 0.29) is 18.1 Å². The molecule has 0 bridgehead atoms. The Morgan fingerprint density at radius 1 is 1.07 bits per heavy atom. The number of fused-ring (bicyclic) bond motifs is 2. The number of hydrogen-bond donors (Lipinski definition) is 0. The average molecular weight is 405 g/mol. The van der Waals surface area contributed by atoms with E-state index in [0.717, 1.165) is 53.4 Å². The van der Waals surface area contributed by atoms with Gasteiger partial charge in [0, 0.05) is 35.5 Å². The number of likely N-dealkylation sites (tertiary alicyclic amines) is 1. The van der Waals surface area contributed by atoms with Gasteiger partial charge in [-0.05, 0) is 49.1 Å². The summed E-state index contributed by atoms with van der Waals surface area (Å²) in [7, 11) is 0. The van der Waals surface area contributed by atoms with E-state index in [1.54, 1.807) is 29.4 Å². The molecule has 6 heteroatoms. The molecule has 2 aromatic carbocycles. The Kier molecular flexibility index (Phi) is 4.42. The fourth-order valence-electron chi connectivity index (χ4n) is 4.20. The third kappa shape index (κ3) is 3.09. The van der Waals surface area contributed by atoms with Crippen LogP contribution < -0.4 is 5.63 Å². The van der Waals surface area contributed by atoms with Crippen molar-refractivity contribution in [2.24, 2.45) is 0 Å². The van der Waals surface area contributed by atoms with Crippen LogP contribution in [0, 0.1) is 12.7 Å². The summed E-state index contributed by atoms with van der Waals surface area (Å²) in [5, 5.41) is 1.60. The van der Waals surface area contributed by atoms with E-state index >= 15 is 0 Å². The molecular formula is C24H20FNO4. The molecule has 0 N–H and O–H groups in total. The number of carbonyl (C=O) groups is 1. The van der Waals surface area contributed by atoms with E-state index in [2.05, 4.69) is 0 Å². The highest BCUT2D eigenvalue weighted by Gasteiger charge is 2.22. The maximum absolute atomic E-state index is 13.3. The Labute approximate surface area is 171 Å². The van der Waals surface area contributed by atoms with Gasteiger partial charge in [0.1, 0.15) is 17.0 Å². The van der Waals surface area contributed by atoms with Gasteiger partial charge in [-0.25, -0.2) is 9.18 Å². The van der Waals surface area contributed by atoms with E-state index < -0.39 is 5.63 Å². The minimum atomic E-state index is -0.489. The summed E-state index contributed by atoms with van der Waals surface area (Å²) < 4.78 is 24.5. The van der Waals surface area contributed by atoms with Crippen LogP contribution in [0.3, 0.4) is 0 Å². The largest absolute Gasteiger partial charge is 0.464 e.